The molecule has 5 nitrogen and oxygen atoms in total. The minimum Gasteiger partial charge on any atom is -0.465 e. The minimum absolute atomic E-state index is 0.253. The SMILES string of the molecule is Cc1cncc(NCC(c2ccc(C)o2)N2CCCC2)n1. The van der Waals surface area contributed by atoms with Gasteiger partial charge in [-0.1, -0.05) is 0 Å². The molecule has 21 heavy (non-hydrogen) atoms. The zero-order chi connectivity index (χ0) is 14.7. The van der Waals surface area contributed by atoms with E-state index in [1.54, 1.807) is 12.4 Å². The second kappa shape index (κ2) is 6.26. The Morgan fingerprint density at radius 1 is 1.24 bits per heavy atom. The third-order valence-corrected chi connectivity index (χ3v) is 3.90. The first kappa shape index (κ1) is 14.1. The number of nitrogens with one attached hydrogen (secondary N) is 1. The summed E-state index contributed by atoms with van der Waals surface area (Å²) >= 11 is 0. The zero-order valence-corrected chi connectivity index (χ0v) is 12.7. The summed E-state index contributed by atoms with van der Waals surface area (Å²) in [5, 5.41) is 3.39. The quantitative estimate of drug-likeness (QED) is 0.916. The van der Waals surface area contributed by atoms with E-state index in [1.807, 2.05) is 19.9 Å². The Morgan fingerprint density at radius 3 is 2.71 bits per heavy atom. The Balaban J connectivity index is 1.73. The van der Waals surface area contributed by atoms with Crippen molar-refractivity contribution in [3.05, 3.63) is 41.7 Å². The van der Waals surface area contributed by atoms with Crippen LogP contribution in [0.1, 0.15) is 36.1 Å². The van der Waals surface area contributed by atoms with Gasteiger partial charge in [0.15, 0.2) is 0 Å². The average molecular weight is 286 g/mol. The molecule has 2 aromatic rings. The molecule has 0 spiro atoms. The van der Waals surface area contributed by atoms with Crippen LogP contribution in [0.2, 0.25) is 0 Å². The van der Waals surface area contributed by atoms with Gasteiger partial charge in [0.25, 0.3) is 0 Å². The van der Waals surface area contributed by atoms with Gasteiger partial charge in [-0.2, -0.15) is 0 Å². The first-order valence-electron chi connectivity index (χ1n) is 7.55. The fourth-order valence-corrected chi connectivity index (χ4v) is 2.85. The highest BCUT2D eigenvalue weighted by Gasteiger charge is 2.25. The van der Waals surface area contributed by atoms with E-state index in [-0.39, 0.29) is 6.04 Å². The normalized spacial score (nSPS) is 17.0. The van der Waals surface area contributed by atoms with Crippen LogP contribution in [0.25, 0.3) is 0 Å². The molecule has 1 aliphatic rings. The molecule has 0 radical (unpaired) electrons. The summed E-state index contributed by atoms with van der Waals surface area (Å²) in [5.74, 6) is 2.81. The standard InChI is InChI=1S/C16H22N4O/c1-12-9-17-11-16(19-12)18-10-14(20-7-3-4-8-20)15-6-5-13(2)21-15/h5-6,9,11,14H,3-4,7-8,10H2,1-2H3,(H,18,19). The monoisotopic (exact) mass is 286 g/mol. The van der Waals surface area contributed by atoms with Gasteiger partial charge in [0.05, 0.1) is 17.9 Å². The maximum absolute atomic E-state index is 5.85. The molecule has 0 saturated carbocycles. The highest BCUT2D eigenvalue weighted by Crippen LogP contribution is 2.26. The van der Waals surface area contributed by atoms with Crippen molar-refractivity contribution in [2.45, 2.75) is 32.7 Å². The van der Waals surface area contributed by atoms with Crippen molar-refractivity contribution in [2.75, 3.05) is 25.0 Å². The number of rotatable bonds is 5. The van der Waals surface area contributed by atoms with Crippen molar-refractivity contribution in [3.8, 4) is 0 Å². The highest BCUT2D eigenvalue weighted by molar-refractivity contribution is 5.32. The summed E-state index contributed by atoms with van der Waals surface area (Å²) < 4.78 is 5.85. The summed E-state index contributed by atoms with van der Waals surface area (Å²) in [6, 6.07) is 4.37. The van der Waals surface area contributed by atoms with Crippen LogP contribution in [0.3, 0.4) is 0 Å². The number of likely N-dealkylation sites (tertiary alicyclic amines) is 1. The molecule has 5 heteroatoms. The lowest BCUT2D eigenvalue weighted by molar-refractivity contribution is 0.223. The Hall–Kier alpha value is -1.88. The van der Waals surface area contributed by atoms with Gasteiger partial charge >= 0.3 is 0 Å². The van der Waals surface area contributed by atoms with Gasteiger partial charge in [-0.25, -0.2) is 4.98 Å². The van der Waals surface area contributed by atoms with E-state index in [1.165, 1.54) is 12.8 Å². The molecule has 0 amide bonds. The number of hydrogen-bond donors (Lipinski definition) is 1. The van der Waals surface area contributed by atoms with E-state index in [0.717, 1.165) is 42.7 Å². The minimum atomic E-state index is 0.253. The van der Waals surface area contributed by atoms with E-state index in [2.05, 4.69) is 26.3 Å². The van der Waals surface area contributed by atoms with Crippen LogP contribution in [0.15, 0.2) is 28.9 Å². The Kier molecular flexibility index (Phi) is 4.20. The molecule has 3 rings (SSSR count). The zero-order valence-electron chi connectivity index (χ0n) is 12.7. The van der Waals surface area contributed by atoms with Crippen LogP contribution >= 0.6 is 0 Å². The average Bonchev–Trinajstić information content (AvgIpc) is 3.12. The molecule has 3 heterocycles. The van der Waals surface area contributed by atoms with Crippen LogP contribution in [0, 0.1) is 13.8 Å². The lowest BCUT2D eigenvalue weighted by Crippen LogP contribution is -2.31. The topological polar surface area (TPSA) is 54.2 Å². The fourth-order valence-electron chi connectivity index (χ4n) is 2.85. The van der Waals surface area contributed by atoms with Gasteiger partial charge < -0.3 is 9.73 Å². The molecule has 0 aromatic carbocycles. The second-order valence-electron chi connectivity index (χ2n) is 5.63. The largest absolute Gasteiger partial charge is 0.465 e. The molecule has 112 valence electrons. The van der Waals surface area contributed by atoms with E-state index >= 15 is 0 Å². The molecule has 1 N–H and O–H groups in total. The van der Waals surface area contributed by atoms with E-state index in [4.69, 9.17) is 4.42 Å². The summed E-state index contributed by atoms with van der Waals surface area (Å²) in [4.78, 5) is 11.1. The first-order chi connectivity index (χ1) is 10.2. The fraction of sp³-hybridized carbons (Fsp3) is 0.500. The second-order valence-corrected chi connectivity index (χ2v) is 5.63. The van der Waals surface area contributed by atoms with Crippen LogP contribution in [-0.2, 0) is 0 Å². The molecule has 1 unspecified atom stereocenters. The van der Waals surface area contributed by atoms with Gasteiger partial charge in [0.1, 0.15) is 17.3 Å². The summed E-state index contributed by atoms with van der Waals surface area (Å²) in [6.45, 7) is 6.98. The summed E-state index contributed by atoms with van der Waals surface area (Å²) in [5.41, 5.74) is 0.923. The highest BCUT2D eigenvalue weighted by atomic mass is 16.3. The van der Waals surface area contributed by atoms with Crippen molar-refractivity contribution < 1.29 is 4.42 Å². The third-order valence-electron chi connectivity index (χ3n) is 3.90. The van der Waals surface area contributed by atoms with Gasteiger partial charge in [0, 0.05) is 12.7 Å². The van der Waals surface area contributed by atoms with E-state index in [9.17, 15) is 0 Å². The van der Waals surface area contributed by atoms with E-state index < -0.39 is 0 Å². The number of furan rings is 1. The predicted molar refractivity (Wildman–Crippen MR) is 82.3 cm³/mol. The Morgan fingerprint density at radius 2 is 2.05 bits per heavy atom. The lowest BCUT2D eigenvalue weighted by atomic mass is 10.2. The number of hydrogen-bond acceptors (Lipinski definition) is 5. The van der Waals surface area contributed by atoms with Crippen molar-refractivity contribution in [3.63, 3.8) is 0 Å². The predicted octanol–water partition coefficient (Wildman–Crippen LogP) is 2.94. The molecule has 0 bridgehead atoms. The van der Waals surface area contributed by atoms with Crippen LogP contribution in [-0.4, -0.2) is 34.5 Å². The molecular weight excluding hydrogens is 264 g/mol. The Bertz CT molecular complexity index is 589. The van der Waals surface area contributed by atoms with Crippen LogP contribution in [0.4, 0.5) is 5.82 Å². The van der Waals surface area contributed by atoms with Gasteiger partial charge in [0.2, 0.25) is 0 Å². The maximum atomic E-state index is 5.85. The number of aromatic nitrogens is 2. The molecule has 1 fully saturated rings. The maximum Gasteiger partial charge on any atom is 0.144 e. The smallest absolute Gasteiger partial charge is 0.144 e. The molecular formula is C16H22N4O. The molecule has 0 aliphatic carbocycles. The van der Waals surface area contributed by atoms with Crippen molar-refractivity contribution >= 4 is 5.82 Å². The molecule has 2 aromatic heterocycles. The third kappa shape index (κ3) is 3.42. The number of aryl methyl sites for hydroxylation is 2. The lowest BCUT2D eigenvalue weighted by Gasteiger charge is -2.26. The summed E-state index contributed by atoms with van der Waals surface area (Å²) in [6.07, 6.45) is 6.06. The van der Waals surface area contributed by atoms with Gasteiger partial charge in [-0.05, 0) is 51.9 Å². The van der Waals surface area contributed by atoms with E-state index in [0.29, 0.717) is 0 Å². The van der Waals surface area contributed by atoms with Crippen molar-refractivity contribution in [1.82, 2.24) is 14.9 Å². The van der Waals surface area contributed by atoms with Crippen LogP contribution in [0.5, 0.6) is 0 Å². The van der Waals surface area contributed by atoms with Gasteiger partial charge in [-0.15, -0.1) is 0 Å². The first-order valence-corrected chi connectivity index (χ1v) is 7.55. The molecule has 1 saturated heterocycles. The summed E-state index contributed by atoms with van der Waals surface area (Å²) in [7, 11) is 0. The number of anilines is 1. The molecule has 1 atom stereocenters. The van der Waals surface area contributed by atoms with Gasteiger partial charge in [-0.3, -0.25) is 9.88 Å². The van der Waals surface area contributed by atoms with Crippen molar-refractivity contribution in [2.24, 2.45) is 0 Å². The number of nitrogens with zero attached hydrogens (tertiary/aromatic N) is 3. The van der Waals surface area contributed by atoms with Crippen molar-refractivity contribution in [1.29, 1.82) is 0 Å². The van der Waals surface area contributed by atoms with Crippen LogP contribution < -0.4 is 5.32 Å². The Labute approximate surface area is 125 Å². The molecule has 1 aliphatic heterocycles.